The summed E-state index contributed by atoms with van der Waals surface area (Å²) in [7, 11) is 0. The van der Waals surface area contributed by atoms with Crippen molar-refractivity contribution in [1.82, 2.24) is 10.6 Å². The predicted octanol–water partition coefficient (Wildman–Crippen LogP) is 3.30. The van der Waals surface area contributed by atoms with E-state index >= 15 is 0 Å². The molecule has 150 valence electrons. The van der Waals surface area contributed by atoms with Crippen molar-refractivity contribution in [2.75, 3.05) is 6.54 Å². The highest BCUT2D eigenvalue weighted by Crippen LogP contribution is 2.24. The molecule has 0 saturated carbocycles. The number of hydrogen-bond donors (Lipinski definition) is 3. The van der Waals surface area contributed by atoms with Crippen molar-refractivity contribution in [3.63, 3.8) is 0 Å². The van der Waals surface area contributed by atoms with E-state index in [-0.39, 0.29) is 11.9 Å². The highest BCUT2D eigenvalue weighted by atomic mass is 32.1. The van der Waals surface area contributed by atoms with Crippen LogP contribution in [0.3, 0.4) is 0 Å². The van der Waals surface area contributed by atoms with Gasteiger partial charge in [-0.1, -0.05) is 66.2 Å². The molecule has 0 radical (unpaired) electrons. The molecule has 29 heavy (non-hydrogen) atoms. The van der Waals surface area contributed by atoms with Crippen molar-refractivity contribution in [2.24, 2.45) is 0 Å². The van der Waals surface area contributed by atoms with Gasteiger partial charge in [0.15, 0.2) is 6.04 Å². The number of imide groups is 1. The molecule has 6 heteroatoms. The van der Waals surface area contributed by atoms with Crippen LogP contribution in [-0.2, 0) is 4.79 Å². The van der Waals surface area contributed by atoms with Crippen LogP contribution in [0.5, 0.6) is 0 Å². The van der Waals surface area contributed by atoms with Crippen LogP contribution in [-0.4, -0.2) is 18.5 Å². The Morgan fingerprint density at radius 3 is 2.31 bits per heavy atom. The molecule has 3 aromatic rings. The Labute approximate surface area is 175 Å². The summed E-state index contributed by atoms with van der Waals surface area (Å²) in [5.41, 5.74) is 3.15. The number of hydrogen-bond acceptors (Lipinski definition) is 3. The number of carbonyl (C=O) groups excluding carboxylic acids is 2. The van der Waals surface area contributed by atoms with Crippen molar-refractivity contribution in [2.45, 2.75) is 25.9 Å². The van der Waals surface area contributed by atoms with Gasteiger partial charge < -0.3 is 10.6 Å². The van der Waals surface area contributed by atoms with Crippen LogP contribution >= 0.6 is 11.3 Å². The Bertz CT molecular complexity index is 925. The molecule has 0 spiro atoms. The van der Waals surface area contributed by atoms with Gasteiger partial charge in [-0.2, -0.15) is 0 Å². The number of rotatable bonds is 7. The molecule has 5 nitrogen and oxygen atoms in total. The largest absolute Gasteiger partial charge is 0.338 e. The summed E-state index contributed by atoms with van der Waals surface area (Å²) in [5.74, 6) is -0.337. The lowest BCUT2D eigenvalue weighted by Crippen LogP contribution is -2.88. The van der Waals surface area contributed by atoms with Crippen LogP contribution in [0.25, 0.3) is 0 Å². The van der Waals surface area contributed by atoms with Crippen molar-refractivity contribution in [1.29, 1.82) is 0 Å². The molecule has 4 N–H and O–H groups in total. The van der Waals surface area contributed by atoms with Gasteiger partial charge in [-0.3, -0.25) is 10.1 Å². The first-order chi connectivity index (χ1) is 14.1. The first-order valence-corrected chi connectivity index (χ1v) is 10.5. The van der Waals surface area contributed by atoms with Gasteiger partial charge in [-0.25, -0.2) is 4.79 Å². The van der Waals surface area contributed by atoms with E-state index in [0.29, 0.717) is 6.54 Å². The summed E-state index contributed by atoms with van der Waals surface area (Å²) in [6.45, 7) is 4.33. The maximum atomic E-state index is 13.0. The molecule has 2 atom stereocenters. The van der Waals surface area contributed by atoms with Gasteiger partial charge in [-0.15, -0.1) is 11.3 Å². The summed E-state index contributed by atoms with van der Waals surface area (Å²) in [4.78, 5) is 26.1. The van der Waals surface area contributed by atoms with Gasteiger partial charge >= 0.3 is 6.03 Å². The van der Waals surface area contributed by atoms with E-state index in [0.717, 1.165) is 16.0 Å². The molecule has 0 saturated heterocycles. The number of thiophene rings is 1. The number of benzene rings is 2. The van der Waals surface area contributed by atoms with Gasteiger partial charge in [0.1, 0.15) is 6.04 Å². The van der Waals surface area contributed by atoms with Gasteiger partial charge in [0.25, 0.3) is 5.91 Å². The second-order valence-corrected chi connectivity index (χ2v) is 7.81. The van der Waals surface area contributed by atoms with E-state index in [1.807, 2.05) is 54.0 Å². The third kappa shape index (κ3) is 5.53. The zero-order valence-electron chi connectivity index (χ0n) is 16.6. The van der Waals surface area contributed by atoms with Crippen LogP contribution in [0.1, 0.15) is 40.6 Å². The monoisotopic (exact) mass is 408 g/mol. The fourth-order valence-corrected chi connectivity index (χ4v) is 4.04. The zero-order chi connectivity index (χ0) is 20.6. The zero-order valence-corrected chi connectivity index (χ0v) is 17.4. The van der Waals surface area contributed by atoms with E-state index in [1.165, 1.54) is 5.56 Å². The van der Waals surface area contributed by atoms with E-state index < -0.39 is 12.1 Å². The average molecular weight is 409 g/mol. The Morgan fingerprint density at radius 1 is 0.966 bits per heavy atom. The number of quaternary nitrogens is 1. The molecule has 1 aromatic heterocycles. The minimum absolute atomic E-state index is 0.0548. The number of aryl methyl sites for hydroxylation is 1. The highest BCUT2D eigenvalue weighted by Gasteiger charge is 2.31. The van der Waals surface area contributed by atoms with Crippen LogP contribution in [0.2, 0.25) is 0 Å². The van der Waals surface area contributed by atoms with E-state index in [1.54, 1.807) is 11.3 Å². The highest BCUT2D eigenvalue weighted by molar-refractivity contribution is 7.10. The van der Waals surface area contributed by atoms with Crippen LogP contribution in [0.15, 0.2) is 72.1 Å². The molecule has 0 fully saturated rings. The van der Waals surface area contributed by atoms with Crippen molar-refractivity contribution in [3.8, 4) is 0 Å². The summed E-state index contributed by atoms with van der Waals surface area (Å²) < 4.78 is 0. The molecule has 0 aliphatic rings. The molecule has 2 aromatic carbocycles. The van der Waals surface area contributed by atoms with Crippen LogP contribution in [0, 0.1) is 6.92 Å². The molecule has 3 rings (SSSR count). The van der Waals surface area contributed by atoms with Gasteiger partial charge in [0, 0.05) is 17.7 Å². The lowest BCUT2D eigenvalue weighted by atomic mass is 9.99. The summed E-state index contributed by atoms with van der Waals surface area (Å²) in [6.07, 6.45) is 0. The van der Waals surface area contributed by atoms with Crippen LogP contribution in [0.4, 0.5) is 4.79 Å². The number of nitrogens with two attached hydrogens (primary N) is 1. The van der Waals surface area contributed by atoms with Gasteiger partial charge in [0.05, 0.1) is 4.88 Å². The van der Waals surface area contributed by atoms with E-state index in [9.17, 15) is 9.59 Å². The topological polar surface area (TPSA) is 74.8 Å². The minimum Gasteiger partial charge on any atom is -0.338 e. The maximum Gasteiger partial charge on any atom is 0.321 e. The first-order valence-electron chi connectivity index (χ1n) is 9.67. The maximum absolute atomic E-state index is 13.0. The minimum atomic E-state index is -0.563. The number of nitrogens with one attached hydrogen (secondary N) is 2. The van der Waals surface area contributed by atoms with Gasteiger partial charge in [-0.05, 0) is 25.3 Å². The molecule has 0 aliphatic heterocycles. The Kier molecular flexibility index (Phi) is 7.16. The fraction of sp³-hybridized carbons (Fsp3) is 0.217. The summed E-state index contributed by atoms with van der Waals surface area (Å²) >= 11 is 1.66. The third-order valence-corrected chi connectivity index (χ3v) is 5.64. The molecular formula is C23H26N3O2S+. The molecule has 0 unspecified atom stereocenters. The smallest absolute Gasteiger partial charge is 0.321 e. The summed E-state index contributed by atoms with van der Waals surface area (Å²) in [5, 5.41) is 9.16. The Balaban J connectivity index is 1.93. The molecule has 1 heterocycles. The number of amides is 3. The lowest BCUT2D eigenvalue weighted by molar-refractivity contribution is -0.713. The Morgan fingerprint density at radius 2 is 1.69 bits per heavy atom. The average Bonchev–Trinajstić information content (AvgIpc) is 3.25. The van der Waals surface area contributed by atoms with Crippen molar-refractivity contribution >= 4 is 23.3 Å². The van der Waals surface area contributed by atoms with Gasteiger partial charge in [0.2, 0.25) is 0 Å². The standard InChI is InChI=1S/C23H25N3O2S/c1-3-24-23(28)26-22(27)21(17-8-5-4-6-9-17)25-20(19-10-7-15-29-19)18-13-11-16(2)12-14-18/h4-15,20-21,25H,3H2,1-2H3,(H2,24,26,27,28)/p+1/t20-,21-/m0/s1. The third-order valence-electron chi connectivity index (χ3n) is 4.69. The summed E-state index contributed by atoms with van der Waals surface area (Å²) in [6, 6.07) is 20.9. The second-order valence-electron chi connectivity index (χ2n) is 6.83. The van der Waals surface area contributed by atoms with E-state index in [2.05, 4.69) is 47.9 Å². The molecule has 0 bridgehead atoms. The first kappa shape index (κ1) is 20.8. The molecular weight excluding hydrogens is 382 g/mol. The quantitative estimate of drug-likeness (QED) is 0.561. The van der Waals surface area contributed by atoms with Crippen LogP contribution < -0.4 is 16.0 Å². The fourth-order valence-electron chi connectivity index (χ4n) is 3.21. The second kappa shape index (κ2) is 10.0. The van der Waals surface area contributed by atoms with Crippen molar-refractivity contribution < 1.29 is 14.9 Å². The number of carbonyl (C=O) groups is 2. The van der Waals surface area contributed by atoms with E-state index in [4.69, 9.17) is 0 Å². The normalized spacial score (nSPS) is 12.8. The van der Waals surface area contributed by atoms with Crippen molar-refractivity contribution in [3.05, 3.63) is 93.7 Å². The number of urea groups is 1. The SMILES string of the molecule is CCNC(=O)NC(=O)[C@@H]([NH2+][C@@H](c1ccc(C)cc1)c1cccs1)c1ccccc1. The Hall–Kier alpha value is -2.96. The molecule has 3 amide bonds. The lowest BCUT2D eigenvalue weighted by Gasteiger charge is -2.22. The predicted molar refractivity (Wildman–Crippen MR) is 116 cm³/mol. The molecule has 0 aliphatic carbocycles.